The highest BCUT2D eigenvalue weighted by Gasteiger charge is 2.07. The average molecular weight is 339 g/mol. The zero-order chi connectivity index (χ0) is 18.2. The lowest BCUT2D eigenvalue weighted by Crippen LogP contribution is -2.24. The first-order chi connectivity index (χ1) is 12.0. The van der Waals surface area contributed by atoms with Crippen LogP contribution in [0.25, 0.3) is 0 Å². The second-order valence-corrected chi connectivity index (χ2v) is 5.98. The molecule has 0 atom stereocenters. The molecule has 0 saturated heterocycles. The van der Waals surface area contributed by atoms with Crippen LogP contribution in [-0.4, -0.2) is 24.9 Å². The third kappa shape index (κ3) is 5.35. The Morgan fingerprint density at radius 1 is 1.00 bits per heavy atom. The number of carbonyl (C=O) groups is 2. The van der Waals surface area contributed by atoms with Crippen LogP contribution >= 0.6 is 0 Å². The minimum Gasteiger partial charge on any atom is -0.376 e. The summed E-state index contributed by atoms with van der Waals surface area (Å²) in [5.41, 5.74) is 4.53. The van der Waals surface area contributed by atoms with E-state index in [-0.39, 0.29) is 18.4 Å². The van der Waals surface area contributed by atoms with Crippen molar-refractivity contribution in [3.63, 3.8) is 0 Å². The number of benzene rings is 2. The van der Waals surface area contributed by atoms with Crippen LogP contribution in [0.1, 0.15) is 34.8 Å². The van der Waals surface area contributed by atoms with Crippen molar-refractivity contribution in [2.75, 3.05) is 23.7 Å². The Balaban J connectivity index is 1.88. The maximum Gasteiger partial charge on any atom is 0.251 e. The Kier molecular flexibility index (Phi) is 6.57. The van der Waals surface area contributed by atoms with Crippen molar-refractivity contribution >= 4 is 23.2 Å². The first-order valence-corrected chi connectivity index (χ1v) is 8.49. The van der Waals surface area contributed by atoms with Crippen LogP contribution in [0.3, 0.4) is 0 Å². The van der Waals surface area contributed by atoms with Crippen molar-refractivity contribution < 1.29 is 9.59 Å². The molecule has 0 bridgehead atoms. The van der Waals surface area contributed by atoms with Crippen LogP contribution in [-0.2, 0) is 4.79 Å². The molecule has 0 unspecified atom stereocenters. The molecule has 0 aromatic heterocycles. The predicted octanol–water partition coefficient (Wildman–Crippen LogP) is 3.49. The van der Waals surface area contributed by atoms with E-state index >= 15 is 0 Å². The number of amides is 2. The molecule has 5 nitrogen and oxygen atoms in total. The molecular weight excluding hydrogens is 314 g/mol. The lowest BCUT2D eigenvalue weighted by molar-refractivity contribution is -0.114. The number of hydrogen-bond acceptors (Lipinski definition) is 3. The van der Waals surface area contributed by atoms with Gasteiger partial charge < -0.3 is 16.0 Å². The van der Waals surface area contributed by atoms with Crippen molar-refractivity contribution in [3.8, 4) is 0 Å². The van der Waals surface area contributed by atoms with Crippen LogP contribution in [0, 0.1) is 13.8 Å². The third-order valence-corrected chi connectivity index (χ3v) is 4.01. The van der Waals surface area contributed by atoms with E-state index in [1.54, 1.807) is 24.3 Å². The molecule has 2 amide bonds. The van der Waals surface area contributed by atoms with Gasteiger partial charge in [0.2, 0.25) is 5.91 Å². The van der Waals surface area contributed by atoms with Gasteiger partial charge in [-0.05, 0) is 61.7 Å². The molecule has 0 aliphatic carbocycles. The van der Waals surface area contributed by atoms with Gasteiger partial charge in [-0.3, -0.25) is 9.59 Å². The summed E-state index contributed by atoms with van der Waals surface area (Å²) >= 11 is 0. The molecule has 0 radical (unpaired) electrons. The van der Waals surface area contributed by atoms with E-state index in [0.717, 1.165) is 17.7 Å². The van der Waals surface area contributed by atoms with Crippen molar-refractivity contribution in [1.29, 1.82) is 0 Å². The topological polar surface area (TPSA) is 70.2 Å². The second-order valence-electron chi connectivity index (χ2n) is 5.98. The summed E-state index contributed by atoms with van der Waals surface area (Å²) in [6, 6.07) is 12.8. The molecule has 25 heavy (non-hydrogen) atoms. The van der Waals surface area contributed by atoms with Gasteiger partial charge in [0.05, 0.1) is 6.54 Å². The van der Waals surface area contributed by atoms with E-state index in [2.05, 4.69) is 16.0 Å². The number of aryl methyl sites for hydroxylation is 1. The molecule has 0 heterocycles. The summed E-state index contributed by atoms with van der Waals surface area (Å²) in [4.78, 5) is 23.9. The number of hydrogen-bond donors (Lipinski definition) is 3. The minimum absolute atomic E-state index is 0.101. The Labute approximate surface area is 148 Å². The maximum absolute atomic E-state index is 12.1. The van der Waals surface area contributed by atoms with Gasteiger partial charge in [-0.2, -0.15) is 0 Å². The number of anilines is 2. The number of rotatable bonds is 7. The summed E-state index contributed by atoms with van der Waals surface area (Å²) in [5.74, 6) is -0.236. The zero-order valence-corrected chi connectivity index (χ0v) is 15.0. The van der Waals surface area contributed by atoms with E-state index < -0.39 is 0 Å². The van der Waals surface area contributed by atoms with Crippen LogP contribution in [0.15, 0.2) is 42.5 Å². The molecule has 132 valence electrons. The molecule has 2 aromatic rings. The average Bonchev–Trinajstić information content (AvgIpc) is 2.61. The highest BCUT2D eigenvalue weighted by molar-refractivity contribution is 5.96. The predicted molar refractivity (Wildman–Crippen MR) is 102 cm³/mol. The van der Waals surface area contributed by atoms with Crippen molar-refractivity contribution in [3.05, 3.63) is 59.2 Å². The molecule has 2 aromatic carbocycles. The summed E-state index contributed by atoms with van der Waals surface area (Å²) in [7, 11) is 0. The minimum atomic E-state index is -0.135. The number of carbonyl (C=O) groups excluding carboxylic acids is 2. The molecule has 5 heteroatoms. The van der Waals surface area contributed by atoms with Gasteiger partial charge in [-0.1, -0.05) is 19.1 Å². The van der Waals surface area contributed by atoms with E-state index in [4.69, 9.17) is 0 Å². The smallest absolute Gasteiger partial charge is 0.251 e. The van der Waals surface area contributed by atoms with Crippen molar-refractivity contribution in [2.45, 2.75) is 27.2 Å². The highest BCUT2D eigenvalue weighted by atomic mass is 16.2. The van der Waals surface area contributed by atoms with Crippen LogP contribution in [0.4, 0.5) is 11.4 Å². The Hall–Kier alpha value is -2.82. The molecular formula is C20H25N3O2. The van der Waals surface area contributed by atoms with E-state index in [1.807, 2.05) is 39.0 Å². The molecule has 3 N–H and O–H groups in total. The van der Waals surface area contributed by atoms with Gasteiger partial charge in [0.15, 0.2) is 0 Å². The van der Waals surface area contributed by atoms with Gasteiger partial charge in [-0.15, -0.1) is 0 Å². The summed E-state index contributed by atoms with van der Waals surface area (Å²) in [6.07, 6.45) is 0.896. The molecule has 0 saturated carbocycles. The SMILES string of the molecule is CCCNC(=O)c1ccc(NC(=O)CNc2cccc(C)c2C)cc1. The quantitative estimate of drug-likeness (QED) is 0.723. The zero-order valence-electron chi connectivity index (χ0n) is 15.0. The van der Waals surface area contributed by atoms with E-state index in [1.165, 1.54) is 5.56 Å². The molecule has 0 aliphatic heterocycles. The lowest BCUT2D eigenvalue weighted by atomic mass is 10.1. The summed E-state index contributed by atoms with van der Waals surface area (Å²) < 4.78 is 0. The van der Waals surface area contributed by atoms with Crippen molar-refractivity contribution in [1.82, 2.24) is 5.32 Å². The van der Waals surface area contributed by atoms with Gasteiger partial charge in [0, 0.05) is 23.5 Å². The largest absolute Gasteiger partial charge is 0.376 e. The fourth-order valence-corrected chi connectivity index (χ4v) is 2.37. The Morgan fingerprint density at radius 3 is 2.40 bits per heavy atom. The van der Waals surface area contributed by atoms with Crippen LogP contribution in [0.5, 0.6) is 0 Å². The summed E-state index contributed by atoms with van der Waals surface area (Å²) in [6.45, 7) is 6.91. The van der Waals surface area contributed by atoms with Gasteiger partial charge in [0.25, 0.3) is 5.91 Å². The molecule has 0 aliphatic rings. The van der Waals surface area contributed by atoms with Crippen LogP contribution in [0.2, 0.25) is 0 Å². The molecule has 2 rings (SSSR count). The van der Waals surface area contributed by atoms with E-state index in [9.17, 15) is 9.59 Å². The highest BCUT2D eigenvalue weighted by Crippen LogP contribution is 2.17. The monoisotopic (exact) mass is 339 g/mol. The molecule has 0 spiro atoms. The second kappa shape index (κ2) is 8.87. The Morgan fingerprint density at radius 2 is 1.72 bits per heavy atom. The lowest BCUT2D eigenvalue weighted by Gasteiger charge is -2.12. The Bertz CT molecular complexity index is 739. The van der Waals surface area contributed by atoms with Gasteiger partial charge in [-0.25, -0.2) is 0 Å². The normalized spacial score (nSPS) is 10.2. The number of nitrogens with one attached hydrogen (secondary N) is 3. The standard InChI is InChI=1S/C20H25N3O2/c1-4-12-21-20(25)16-8-10-17(11-9-16)23-19(24)13-22-18-7-5-6-14(2)15(18)3/h5-11,22H,4,12-13H2,1-3H3,(H,21,25)(H,23,24). The fraction of sp³-hybridized carbons (Fsp3) is 0.300. The van der Waals surface area contributed by atoms with E-state index in [0.29, 0.717) is 17.8 Å². The van der Waals surface area contributed by atoms with Gasteiger partial charge in [0.1, 0.15) is 0 Å². The fourth-order valence-electron chi connectivity index (χ4n) is 2.37. The first kappa shape index (κ1) is 18.5. The van der Waals surface area contributed by atoms with Crippen LogP contribution < -0.4 is 16.0 Å². The van der Waals surface area contributed by atoms with Gasteiger partial charge >= 0.3 is 0 Å². The first-order valence-electron chi connectivity index (χ1n) is 8.49. The summed E-state index contributed by atoms with van der Waals surface area (Å²) in [5, 5.41) is 8.79. The maximum atomic E-state index is 12.1. The van der Waals surface area contributed by atoms with Crippen molar-refractivity contribution in [2.24, 2.45) is 0 Å². The third-order valence-electron chi connectivity index (χ3n) is 4.01. The molecule has 0 fully saturated rings.